The summed E-state index contributed by atoms with van der Waals surface area (Å²) >= 11 is 0. The molecular formula is C17H22N2O8. The van der Waals surface area contributed by atoms with Crippen LogP contribution in [-0.2, 0) is 24.6 Å². The van der Waals surface area contributed by atoms with Gasteiger partial charge in [0.15, 0.2) is 12.2 Å². The predicted molar refractivity (Wildman–Crippen MR) is 92.5 cm³/mol. The molecule has 1 heterocycles. The Hall–Kier alpha value is -2.98. The van der Waals surface area contributed by atoms with E-state index in [9.17, 15) is 19.2 Å². The van der Waals surface area contributed by atoms with Gasteiger partial charge in [0.25, 0.3) is 0 Å². The number of piperidine rings is 1. The van der Waals surface area contributed by atoms with E-state index in [1.807, 2.05) is 19.1 Å². The molecule has 2 amide bonds. The molecule has 0 spiro atoms. The van der Waals surface area contributed by atoms with Gasteiger partial charge in [-0.1, -0.05) is 19.1 Å². The van der Waals surface area contributed by atoms with Gasteiger partial charge in [0.05, 0.1) is 5.41 Å². The van der Waals surface area contributed by atoms with Crippen molar-refractivity contribution < 1.29 is 39.6 Å². The van der Waals surface area contributed by atoms with Crippen LogP contribution in [0.3, 0.4) is 0 Å². The molecule has 1 saturated heterocycles. The van der Waals surface area contributed by atoms with E-state index in [2.05, 4.69) is 5.32 Å². The van der Waals surface area contributed by atoms with Crippen molar-refractivity contribution in [1.29, 1.82) is 0 Å². The number of amides is 2. The van der Waals surface area contributed by atoms with Gasteiger partial charge in [-0.05, 0) is 30.5 Å². The molecule has 2 unspecified atom stereocenters. The number of carboxylic acid groups (broad SMARTS) is 2. The molecule has 0 aromatic heterocycles. The number of hydrogen-bond acceptors (Lipinski definition) is 7. The first-order valence-electron chi connectivity index (χ1n) is 8.07. The number of anilines is 1. The minimum Gasteiger partial charge on any atom is -0.479 e. The van der Waals surface area contributed by atoms with Crippen LogP contribution in [0, 0.1) is 0 Å². The normalized spacial score (nSPS) is 21.3. The molecule has 0 saturated carbocycles. The van der Waals surface area contributed by atoms with Gasteiger partial charge < -0.3 is 26.2 Å². The van der Waals surface area contributed by atoms with Gasteiger partial charge >= 0.3 is 11.9 Å². The van der Waals surface area contributed by atoms with Crippen LogP contribution in [0.2, 0.25) is 0 Å². The highest BCUT2D eigenvalue weighted by molar-refractivity contribution is 6.03. The molecule has 1 aromatic rings. The van der Waals surface area contributed by atoms with Gasteiger partial charge in [-0.25, -0.2) is 9.59 Å². The van der Waals surface area contributed by atoms with E-state index >= 15 is 0 Å². The van der Waals surface area contributed by atoms with Crippen molar-refractivity contribution in [1.82, 2.24) is 5.32 Å². The molecule has 27 heavy (non-hydrogen) atoms. The molecule has 1 aliphatic rings. The third-order valence-electron chi connectivity index (χ3n) is 4.34. The molecule has 10 heteroatoms. The molecule has 148 valence electrons. The van der Waals surface area contributed by atoms with Crippen molar-refractivity contribution in [3.05, 3.63) is 29.8 Å². The van der Waals surface area contributed by atoms with E-state index in [0.717, 1.165) is 5.56 Å². The third-order valence-corrected chi connectivity index (χ3v) is 4.34. The van der Waals surface area contributed by atoms with E-state index in [1.165, 1.54) is 0 Å². The molecule has 0 radical (unpaired) electrons. The van der Waals surface area contributed by atoms with Crippen molar-refractivity contribution in [3.63, 3.8) is 0 Å². The smallest absolute Gasteiger partial charge is 0.335 e. The highest BCUT2D eigenvalue weighted by atomic mass is 16.4. The molecular weight excluding hydrogens is 360 g/mol. The van der Waals surface area contributed by atoms with E-state index in [4.69, 9.17) is 26.2 Å². The van der Waals surface area contributed by atoms with E-state index in [-0.39, 0.29) is 11.8 Å². The summed E-state index contributed by atoms with van der Waals surface area (Å²) in [5, 5.41) is 35.0. The highest BCUT2D eigenvalue weighted by Crippen LogP contribution is 2.35. The van der Waals surface area contributed by atoms with Crippen molar-refractivity contribution in [2.24, 2.45) is 0 Å². The first-order valence-corrected chi connectivity index (χ1v) is 8.07. The highest BCUT2D eigenvalue weighted by Gasteiger charge is 2.42. The number of nitrogens with one attached hydrogen (secondary N) is 1. The zero-order chi connectivity index (χ0) is 20.8. The van der Waals surface area contributed by atoms with Gasteiger partial charge in [0.2, 0.25) is 11.8 Å². The molecule has 1 aromatic carbocycles. The number of imide groups is 1. The monoisotopic (exact) mass is 382 g/mol. The topological polar surface area (TPSA) is 187 Å². The summed E-state index contributed by atoms with van der Waals surface area (Å²) in [5.41, 5.74) is 6.66. The van der Waals surface area contributed by atoms with Gasteiger partial charge in [-0.3, -0.25) is 14.9 Å². The Balaban J connectivity index is 0.000000314. The lowest BCUT2D eigenvalue weighted by molar-refractivity contribution is -0.165. The zero-order valence-electron chi connectivity index (χ0n) is 14.6. The van der Waals surface area contributed by atoms with E-state index in [0.29, 0.717) is 24.9 Å². The molecule has 1 fully saturated rings. The Labute approximate surface area is 154 Å². The maximum atomic E-state index is 12.1. The summed E-state index contributed by atoms with van der Waals surface area (Å²) in [6.07, 6.45) is -2.90. The number of aliphatic hydroxyl groups excluding tert-OH is 2. The number of benzene rings is 1. The second-order valence-corrected chi connectivity index (χ2v) is 6.00. The van der Waals surface area contributed by atoms with Gasteiger partial charge in [-0.2, -0.15) is 0 Å². The van der Waals surface area contributed by atoms with Crippen molar-refractivity contribution in [2.75, 3.05) is 5.73 Å². The van der Waals surface area contributed by atoms with Crippen LogP contribution in [0.25, 0.3) is 0 Å². The van der Waals surface area contributed by atoms with Gasteiger partial charge in [0.1, 0.15) is 0 Å². The van der Waals surface area contributed by atoms with Crippen molar-refractivity contribution >= 4 is 29.4 Å². The Morgan fingerprint density at radius 2 is 1.59 bits per heavy atom. The van der Waals surface area contributed by atoms with E-state index < -0.39 is 29.6 Å². The average Bonchev–Trinajstić information content (AvgIpc) is 2.62. The number of rotatable bonds is 5. The first kappa shape index (κ1) is 22.1. The second-order valence-electron chi connectivity index (χ2n) is 6.00. The SMILES string of the molecule is CC[C@]1(c2ccc(N)cc2)CCC(=O)NC1=O.O=C(O)C(O)C(O)C(=O)O. The van der Waals surface area contributed by atoms with Crippen LogP contribution in [0.15, 0.2) is 24.3 Å². The van der Waals surface area contributed by atoms with Crippen LogP contribution in [0.4, 0.5) is 5.69 Å². The van der Waals surface area contributed by atoms with Crippen LogP contribution in [0.1, 0.15) is 31.7 Å². The molecule has 2 rings (SSSR count). The van der Waals surface area contributed by atoms with Crippen LogP contribution in [-0.4, -0.2) is 56.4 Å². The Morgan fingerprint density at radius 1 is 1.11 bits per heavy atom. The summed E-state index contributed by atoms with van der Waals surface area (Å²) in [6.45, 7) is 1.96. The number of nitrogens with two attached hydrogens (primary N) is 1. The van der Waals surface area contributed by atoms with Crippen molar-refractivity contribution in [3.8, 4) is 0 Å². The van der Waals surface area contributed by atoms with Gasteiger partial charge in [0, 0.05) is 12.1 Å². The fourth-order valence-corrected chi connectivity index (χ4v) is 2.64. The minimum atomic E-state index is -2.27. The number of hydrogen-bond donors (Lipinski definition) is 6. The standard InChI is InChI=1S/C13H16N2O2.C4H6O6/c1-2-13(8-7-11(16)15-12(13)17)9-3-5-10(14)6-4-9;5-1(3(7)8)2(6)4(9)10/h3-6H,2,7-8,14H2,1H3,(H,15,16,17);1-2,5-6H,(H,7,8)(H,9,10)/t13-;/m1./s1. The van der Waals surface area contributed by atoms with Crippen LogP contribution in [0.5, 0.6) is 0 Å². The molecule has 7 N–H and O–H groups in total. The predicted octanol–water partition coefficient (Wildman–Crippen LogP) is -0.769. The summed E-state index contributed by atoms with van der Waals surface area (Å²) < 4.78 is 0. The number of aliphatic hydroxyl groups is 2. The second kappa shape index (κ2) is 9.10. The first-order chi connectivity index (χ1) is 12.5. The minimum absolute atomic E-state index is 0.186. The zero-order valence-corrected chi connectivity index (χ0v) is 14.6. The summed E-state index contributed by atoms with van der Waals surface area (Å²) in [4.78, 5) is 42.8. The number of nitrogen functional groups attached to an aromatic ring is 1. The Bertz CT molecular complexity index is 700. The van der Waals surface area contributed by atoms with Crippen LogP contribution < -0.4 is 11.1 Å². The maximum absolute atomic E-state index is 12.1. The lowest BCUT2D eigenvalue weighted by Crippen LogP contribution is -2.51. The Morgan fingerprint density at radius 3 is 1.96 bits per heavy atom. The fourth-order valence-electron chi connectivity index (χ4n) is 2.64. The molecule has 10 nitrogen and oxygen atoms in total. The quantitative estimate of drug-likeness (QED) is 0.281. The van der Waals surface area contributed by atoms with Crippen molar-refractivity contribution in [2.45, 2.75) is 43.8 Å². The molecule has 1 aliphatic heterocycles. The number of carboxylic acids is 2. The molecule has 3 atom stereocenters. The summed E-state index contributed by atoms with van der Waals surface area (Å²) in [6, 6.07) is 7.31. The largest absolute Gasteiger partial charge is 0.479 e. The number of aliphatic carboxylic acids is 2. The van der Waals surface area contributed by atoms with Crippen LogP contribution >= 0.6 is 0 Å². The molecule has 0 bridgehead atoms. The lowest BCUT2D eigenvalue weighted by Gasteiger charge is -2.34. The third kappa shape index (κ3) is 5.25. The average molecular weight is 382 g/mol. The van der Waals surface area contributed by atoms with E-state index in [1.54, 1.807) is 12.1 Å². The fraction of sp³-hybridized carbons (Fsp3) is 0.412. The lowest BCUT2D eigenvalue weighted by atomic mass is 9.72. The number of carbonyl (C=O) groups is 4. The number of carbonyl (C=O) groups excluding carboxylic acids is 2. The molecule has 0 aliphatic carbocycles. The van der Waals surface area contributed by atoms with Gasteiger partial charge in [-0.15, -0.1) is 0 Å². The summed E-state index contributed by atoms with van der Waals surface area (Å²) in [7, 11) is 0. The maximum Gasteiger partial charge on any atom is 0.335 e. The summed E-state index contributed by atoms with van der Waals surface area (Å²) in [5.74, 6) is -3.92. The Kier molecular flexibility index (Phi) is 7.44.